The van der Waals surface area contributed by atoms with Crippen molar-refractivity contribution < 1.29 is 5.11 Å². The number of nitrogens with zero attached hydrogens (tertiary/aromatic N) is 2. The first-order valence-electron chi connectivity index (χ1n) is 6.63. The average Bonchev–Trinajstić information content (AvgIpc) is 2.46. The van der Waals surface area contributed by atoms with E-state index in [0.29, 0.717) is 6.04 Å². The van der Waals surface area contributed by atoms with Crippen LogP contribution >= 0.6 is 11.8 Å². The van der Waals surface area contributed by atoms with Crippen LogP contribution in [0.15, 0.2) is 30.3 Å². The highest BCUT2D eigenvalue weighted by atomic mass is 32.2. The molecule has 0 spiro atoms. The fraction of sp³-hybridized carbons (Fsp3) is 0.400. The van der Waals surface area contributed by atoms with Crippen molar-refractivity contribution in [3.8, 4) is 0 Å². The van der Waals surface area contributed by atoms with E-state index in [4.69, 9.17) is 0 Å². The molecule has 0 radical (unpaired) electrons. The van der Waals surface area contributed by atoms with Gasteiger partial charge in [0.1, 0.15) is 0 Å². The number of para-hydroxylation sites is 1. The standard InChI is InChI=1S/C15H18N2OS/c1-11-10-19-7-6-17(11)15-8-12(9-18)16-14-5-3-2-4-13(14)15/h2-5,8,11,18H,6-7,9-10H2,1H3. The van der Waals surface area contributed by atoms with Crippen LogP contribution in [-0.2, 0) is 6.61 Å². The highest BCUT2D eigenvalue weighted by Crippen LogP contribution is 2.31. The van der Waals surface area contributed by atoms with E-state index in [9.17, 15) is 5.11 Å². The lowest BCUT2D eigenvalue weighted by atomic mass is 10.1. The first-order valence-corrected chi connectivity index (χ1v) is 7.79. The third-order valence-electron chi connectivity index (χ3n) is 3.59. The minimum absolute atomic E-state index is 0.00515. The number of anilines is 1. The van der Waals surface area contributed by atoms with Gasteiger partial charge in [-0.3, -0.25) is 4.98 Å². The molecule has 1 atom stereocenters. The number of fused-ring (bicyclic) bond motifs is 1. The zero-order chi connectivity index (χ0) is 13.2. The lowest BCUT2D eigenvalue weighted by Gasteiger charge is -2.36. The van der Waals surface area contributed by atoms with Crippen molar-refractivity contribution >= 4 is 28.4 Å². The Balaban J connectivity index is 2.14. The largest absolute Gasteiger partial charge is 0.390 e. The third kappa shape index (κ3) is 2.42. The summed E-state index contributed by atoms with van der Waals surface area (Å²) in [5.74, 6) is 2.32. The molecule has 1 aliphatic rings. The second-order valence-corrected chi connectivity index (χ2v) is 6.08. The lowest BCUT2D eigenvalue weighted by Crippen LogP contribution is -2.40. The van der Waals surface area contributed by atoms with Gasteiger partial charge in [0.15, 0.2) is 0 Å². The summed E-state index contributed by atoms with van der Waals surface area (Å²) in [6.07, 6.45) is 0. The van der Waals surface area contributed by atoms with E-state index in [1.807, 2.05) is 30.0 Å². The molecule has 1 aliphatic heterocycles. The SMILES string of the molecule is CC1CSCCN1c1cc(CO)nc2ccccc12. The van der Waals surface area contributed by atoms with Gasteiger partial charge in [0, 0.05) is 35.2 Å². The molecule has 0 aliphatic carbocycles. The van der Waals surface area contributed by atoms with Crippen molar-refractivity contribution in [2.45, 2.75) is 19.6 Å². The van der Waals surface area contributed by atoms with Crippen LogP contribution < -0.4 is 4.90 Å². The Morgan fingerprint density at radius 1 is 1.42 bits per heavy atom. The molecule has 1 saturated heterocycles. The third-order valence-corrected chi connectivity index (χ3v) is 4.78. The van der Waals surface area contributed by atoms with Crippen molar-refractivity contribution in [1.82, 2.24) is 4.98 Å². The fourth-order valence-corrected chi connectivity index (χ4v) is 3.63. The van der Waals surface area contributed by atoms with Crippen LogP contribution in [0, 0.1) is 0 Å². The van der Waals surface area contributed by atoms with E-state index in [1.165, 1.54) is 11.1 Å². The van der Waals surface area contributed by atoms with Gasteiger partial charge in [0.2, 0.25) is 0 Å². The maximum absolute atomic E-state index is 9.40. The second-order valence-electron chi connectivity index (χ2n) is 4.93. The number of hydrogen-bond acceptors (Lipinski definition) is 4. The minimum Gasteiger partial charge on any atom is -0.390 e. The summed E-state index contributed by atoms with van der Waals surface area (Å²) >= 11 is 2.01. The zero-order valence-corrected chi connectivity index (χ0v) is 11.9. The molecule has 1 aromatic carbocycles. The number of aliphatic hydroxyl groups is 1. The van der Waals surface area contributed by atoms with E-state index < -0.39 is 0 Å². The van der Waals surface area contributed by atoms with E-state index in [2.05, 4.69) is 28.9 Å². The van der Waals surface area contributed by atoms with Crippen molar-refractivity contribution in [3.05, 3.63) is 36.0 Å². The van der Waals surface area contributed by atoms with Gasteiger partial charge in [-0.15, -0.1) is 0 Å². The summed E-state index contributed by atoms with van der Waals surface area (Å²) in [6.45, 7) is 3.32. The van der Waals surface area contributed by atoms with E-state index in [-0.39, 0.29) is 6.61 Å². The first-order chi connectivity index (χ1) is 9.29. The molecule has 2 aromatic rings. The minimum atomic E-state index is -0.00515. The molecule has 3 rings (SSSR count). The van der Waals surface area contributed by atoms with E-state index in [0.717, 1.165) is 29.3 Å². The van der Waals surface area contributed by atoms with Crippen molar-refractivity contribution in [2.24, 2.45) is 0 Å². The second kappa shape index (κ2) is 5.39. The Hall–Kier alpha value is -1.26. The molecule has 0 saturated carbocycles. The molecule has 2 heterocycles. The number of hydrogen-bond donors (Lipinski definition) is 1. The Labute approximate surface area is 117 Å². The van der Waals surface area contributed by atoms with Gasteiger partial charge in [-0.25, -0.2) is 0 Å². The van der Waals surface area contributed by atoms with Gasteiger partial charge in [-0.2, -0.15) is 11.8 Å². The maximum Gasteiger partial charge on any atom is 0.0854 e. The molecule has 1 unspecified atom stereocenters. The summed E-state index contributed by atoms with van der Waals surface area (Å²) in [4.78, 5) is 6.94. The number of aromatic nitrogens is 1. The number of pyridine rings is 1. The molecule has 4 heteroatoms. The quantitative estimate of drug-likeness (QED) is 0.913. The summed E-state index contributed by atoms with van der Waals surface area (Å²) in [6, 6.07) is 10.7. The molecule has 0 amide bonds. The highest BCUT2D eigenvalue weighted by Gasteiger charge is 2.21. The van der Waals surface area contributed by atoms with Gasteiger partial charge < -0.3 is 10.0 Å². The average molecular weight is 274 g/mol. The van der Waals surface area contributed by atoms with Gasteiger partial charge >= 0.3 is 0 Å². The predicted octanol–water partition coefficient (Wildman–Crippen LogP) is 2.67. The Morgan fingerprint density at radius 3 is 3.05 bits per heavy atom. The molecular formula is C15H18N2OS. The predicted molar refractivity (Wildman–Crippen MR) is 81.8 cm³/mol. The molecule has 0 bridgehead atoms. The van der Waals surface area contributed by atoms with Crippen LogP contribution in [0.5, 0.6) is 0 Å². The molecule has 3 nitrogen and oxygen atoms in total. The van der Waals surface area contributed by atoms with Crippen molar-refractivity contribution in [1.29, 1.82) is 0 Å². The van der Waals surface area contributed by atoms with Gasteiger partial charge in [-0.05, 0) is 19.1 Å². The Morgan fingerprint density at radius 2 is 2.26 bits per heavy atom. The van der Waals surface area contributed by atoms with Gasteiger partial charge in [-0.1, -0.05) is 18.2 Å². The van der Waals surface area contributed by atoms with Crippen LogP contribution in [0.2, 0.25) is 0 Å². The smallest absolute Gasteiger partial charge is 0.0854 e. The Bertz CT molecular complexity index is 587. The number of aliphatic hydroxyl groups excluding tert-OH is 1. The maximum atomic E-state index is 9.40. The molecule has 1 aromatic heterocycles. The van der Waals surface area contributed by atoms with Crippen LogP contribution in [0.25, 0.3) is 10.9 Å². The van der Waals surface area contributed by atoms with Crippen molar-refractivity contribution in [2.75, 3.05) is 23.0 Å². The summed E-state index contributed by atoms with van der Waals surface area (Å²) < 4.78 is 0. The monoisotopic (exact) mass is 274 g/mol. The number of rotatable bonds is 2. The summed E-state index contributed by atoms with van der Waals surface area (Å²) in [5.41, 5.74) is 2.93. The topological polar surface area (TPSA) is 36.4 Å². The normalized spacial score (nSPS) is 19.9. The highest BCUT2D eigenvalue weighted by molar-refractivity contribution is 7.99. The fourth-order valence-electron chi connectivity index (χ4n) is 2.61. The molecular weight excluding hydrogens is 256 g/mol. The van der Waals surface area contributed by atoms with E-state index in [1.54, 1.807) is 0 Å². The summed E-state index contributed by atoms with van der Waals surface area (Å²) in [5, 5.41) is 10.6. The van der Waals surface area contributed by atoms with Crippen LogP contribution in [0.4, 0.5) is 5.69 Å². The first kappa shape index (κ1) is 12.8. The van der Waals surface area contributed by atoms with Gasteiger partial charge in [0.25, 0.3) is 0 Å². The lowest BCUT2D eigenvalue weighted by molar-refractivity contribution is 0.277. The van der Waals surface area contributed by atoms with Crippen LogP contribution in [0.3, 0.4) is 0 Å². The molecule has 19 heavy (non-hydrogen) atoms. The molecule has 100 valence electrons. The number of thioether (sulfide) groups is 1. The van der Waals surface area contributed by atoms with Crippen LogP contribution in [0.1, 0.15) is 12.6 Å². The molecule has 1 fully saturated rings. The molecule has 1 N–H and O–H groups in total. The zero-order valence-electron chi connectivity index (χ0n) is 11.0. The van der Waals surface area contributed by atoms with Gasteiger partial charge in [0.05, 0.1) is 17.8 Å². The van der Waals surface area contributed by atoms with Crippen LogP contribution in [-0.4, -0.2) is 34.2 Å². The number of benzene rings is 1. The Kier molecular flexibility index (Phi) is 3.62. The summed E-state index contributed by atoms with van der Waals surface area (Å²) in [7, 11) is 0. The van der Waals surface area contributed by atoms with E-state index >= 15 is 0 Å². The van der Waals surface area contributed by atoms with Crippen molar-refractivity contribution in [3.63, 3.8) is 0 Å².